The van der Waals surface area contributed by atoms with Crippen LogP contribution in [0.25, 0.3) is 0 Å². The van der Waals surface area contributed by atoms with Gasteiger partial charge in [0.25, 0.3) is 0 Å². The number of carbonyl (C=O) groups is 2. The maximum atomic E-state index is 12.1. The summed E-state index contributed by atoms with van der Waals surface area (Å²) in [5.74, 6) is 1.34. The molecule has 1 saturated heterocycles. The van der Waals surface area contributed by atoms with Crippen molar-refractivity contribution in [3.8, 4) is 0 Å². The molecule has 0 unspecified atom stereocenters. The predicted octanol–water partition coefficient (Wildman–Crippen LogP) is 0.914. The summed E-state index contributed by atoms with van der Waals surface area (Å²) >= 11 is 0. The monoisotopic (exact) mass is 236 g/mol. The lowest BCUT2D eigenvalue weighted by Crippen LogP contribution is -2.56. The summed E-state index contributed by atoms with van der Waals surface area (Å²) in [4.78, 5) is 25.2. The molecule has 4 heteroatoms. The highest BCUT2D eigenvalue weighted by molar-refractivity contribution is 5.83. The van der Waals surface area contributed by atoms with E-state index >= 15 is 0 Å². The van der Waals surface area contributed by atoms with Crippen molar-refractivity contribution in [2.45, 2.75) is 44.1 Å². The lowest BCUT2D eigenvalue weighted by molar-refractivity contribution is -0.140. The van der Waals surface area contributed by atoms with Gasteiger partial charge in [-0.05, 0) is 38.0 Å². The van der Waals surface area contributed by atoms with Crippen molar-refractivity contribution in [2.24, 2.45) is 11.8 Å². The minimum absolute atomic E-state index is 0.0160. The molecule has 1 heterocycles. The van der Waals surface area contributed by atoms with Gasteiger partial charge in [-0.1, -0.05) is 0 Å². The largest absolute Gasteiger partial charge is 0.351 e. The molecule has 4 nitrogen and oxygen atoms in total. The molecule has 1 aliphatic heterocycles. The molecule has 3 fully saturated rings. The summed E-state index contributed by atoms with van der Waals surface area (Å²) in [7, 11) is 1.92. The molecule has 3 aliphatic rings. The lowest BCUT2D eigenvalue weighted by Gasteiger charge is -2.45. The van der Waals surface area contributed by atoms with Gasteiger partial charge in [0.15, 0.2) is 0 Å². The highest BCUT2D eigenvalue weighted by atomic mass is 16.2. The Bertz CT molecular complexity index is 356. The normalized spacial score (nSPS) is 35.6. The molecule has 2 saturated carbocycles. The fourth-order valence-electron chi connectivity index (χ4n) is 3.23. The lowest BCUT2D eigenvalue weighted by atomic mass is 9.67. The van der Waals surface area contributed by atoms with Gasteiger partial charge in [0.2, 0.25) is 11.8 Å². The molecule has 0 bridgehead atoms. The van der Waals surface area contributed by atoms with E-state index in [4.69, 9.17) is 0 Å². The molecule has 3 rings (SSSR count). The van der Waals surface area contributed by atoms with E-state index in [2.05, 4.69) is 5.32 Å². The molecule has 0 radical (unpaired) electrons. The van der Waals surface area contributed by atoms with Gasteiger partial charge in [-0.25, -0.2) is 0 Å². The quantitative estimate of drug-likeness (QED) is 0.792. The molecule has 0 atom stereocenters. The number of nitrogens with zero attached hydrogens (tertiary/aromatic N) is 1. The molecule has 94 valence electrons. The van der Waals surface area contributed by atoms with Crippen LogP contribution in [-0.4, -0.2) is 35.8 Å². The Morgan fingerprint density at radius 3 is 2.71 bits per heavy atom. The number of amides is 2. The van der Waals surface area contributed by atoms with Crippen LogP contribution in [0.5, 0.6) is 0 Å². The third-order valence-electron chi connectivity index (χ3n) is 4.46. The number of hydrogen-bond donors (Lipinski definition) is 1. The fourth-order valence-corrected chi connectivity index (χ4v) is 3.23. The summed E-state index contributed by atoms with van der Waals surface area (Å²) in [5.41, 5.74) is -0.0160. The second-order valence-corrected chi connectivity index (χ2v) is 6.10. The van der Waals surface area contributed by atoms with E-state index in [-0.39, 0.29) is 23.3 Å². The number of carbonyl (C=O) groups excluding carboxylic acids is 2. The van der Waals surface area contributed by atoms with Gasteiger partial charge in [-0.15, -0.1) is 0 Å². The van der Waals surface area contributed by atoms with Crippen LogP contribution in [0.3, 0.4) is 0 Å². The number of hydrogen-bond acceptors (Lipinski definition) is 2. The van der Waals surface area contributed by atoms with Crippen molar-refractivity contribution in [2.75, 3.05) is 13.6 Å². The van der Waals surface area contributed by atoms with Crippen molar-refractivity contribution >= 4 is 11.8 Å². The van der Waals surface area contributed by atoms with Gasteiger partial charge in [0.1, 0.15) is 0 Å². The zero-order valence-electron chi connectivity index (χ0n) is 10.4. The van der Waals surface area contributed by atoms with Crippen molar-refractivity contribution in [3.05, 3.63) is 0 Å². The topological polar surface area (TPSA) is 49.4 Å². The third kappa shape index (κ3) is 2.05. The van der Waals surface area contributed by atoms with Crippen LogP contribution in [0.15, 0.2) is 0 Å². The van der Waals surface area contributed by atoms with E-state index in [1.807, 2.05) is 11.9 Å². The van der Waals surface area contributed by atoms with Crippen LogP contribution < -0.4 is 5.32 Å². The average molecular weight is 236 g/mol. The zero-order chi connectivity index (χ0) is 12.0. The van der Waals surface area contributed by atoms with E-state index in [9.17, 15) is 9.59 Å². The van der Waals surface area contributed by atoms with Crippen LogP contribution in [0.1, 0.15) is 38.5 Å². The van der Waals surface area contributed by atoms with Gasteiger partial charge < -0.3 is 10.2 Å². The summed E-state index contributed by atoms with van der Waals surface area (Å²) in [6.07, 6.45) is 5.82. The SMILES string of the molecule is CN(CC1CC1)C(=O)C1CC2(CCC(=O)N2)C1. The van der Waals surface area contributed by atoms with Gasteiger partial charge >= 0.3 is 0 Å². The van der Waals surface area contributed by atoms with Crippen molar-refractivity contribution in [1.82, 2.24) is 10.2 Å². The Kier molecular flexibility index (Phi) is 2.42. The first kappa shape index (κ1) is 11.1. The van der Waals surface area contributed by atoms with Crippen molar-refractivity contribution in [1.29, 1.82) is 0 Å². The van der Waals surface area contributed by atoms with E-state index in [0.717, 1.165) is 31.7 Å². The molecule has 17 heavy (non-hydrogen) atoms. The number of nitrogens with one attached hydrogen (secondary N) is 1. The van der Waals surface area contributed by atoms with E-state index in [1.165, 1.54) is 12.8 Å². The van der Waals surface area contributed by atoms with Gasteiger partial charge in [0, 0.05) is 31.5 Å². The molecule has 2 aliphatic carbocycles. The van der Waals surface area contributed by atoms with Gasteiger partial charge in [-0.2, -0.15) is 0 Å². The standard InChI is InChI=1S/C13H20N2O2/c1-15(8-9-2-3-9)12(17)10-6-13(7-10)5-4-11(16)14-13/h9-10H,2-8H2,1H3,(H,14,16). The second-order valence-electron chi connectivity index (χ2n) is 6.10. The molecular weight excluding hydrogens is 216 g/mol. The molecule has 0 aromatic heterocycles. The van der Waals surface area contributed by atoms with E-state index in [1.54, 1.807) is 0 Å². The molecule has 0 aromatic carbocycles. The average Bonchev–Trinajstić information content (AvgIpc) is 2.95. The first-order valence-electron chi connectivity index (χ1n) is 6.64. The Balaban J connectivity index is 1.50. The smallest absolute Gasteiger partial charge is 0.225 e. The minimum Gasteiger partial charge on any atom is -0.351 e. The molecular formula is C13H20N2O2. The summed E-state index contributed by atoms with van der Waals surface area (Å²) < 4.78 is 0. The highest BCUT2D eigenvalue weighted by Crippen LogP contribution is 2.44. The van der Waals surface area contributed by atoms with E-state index < -0.39 is 0 Å². The zero-order valence-corrected chi connectivity index (χ0v) is 10.4. The maximum absolute atomic E-state index is 12.1. The Hall–Kier alpha value is -1.06. The molecule has 1 N–H and O–H groups in total. The molecule has 2 amide bonds. The fraction of sp³-hybridized carbons (Fsp3) is 0.846. The second kappa shape index (κ2) is 3.72. The highest BCUT2D eigenvalue weighted by Gasteiger charge is 2.51. The minimum atomic E-state index is -0.0160. The van der Waals surface area contributed by atoms with Crippen LogP contribution in [0, 0.1) is 11.8 Å². The van der Waals surface area contributed by atoms with Crippen molar-refractivity contribution < 1.29 is 9.59 Å². The maximum Gasteiger partial charge on any atom is 0.225 e. The van der Waals surface area contributed by atoms with Gasteiger partial charge in [0.05, 0.1) is 0 Å². The van der Waals surface area contributed by atoms with Crippen molar-refractivity contribution in [3.63, 3.8) is 0 Å². The first-order valence-corrected chi connectivity index (χ1v) is 6.64. The summed E-state index contributed by atoms with van der Waals surface area (Å²) in [6.45, 7) is 0.925. The van der Waals surface area contributed by atoms with E-state index in [0.29, 0.717) is 6.42 Å². The van der Waals surface area contributed by atoms with Crippen LogP contribution >= 0.6 is 0 Å². The van der Waals surface area contributed by atoms with Crippen LogP contribution in [-0.2, 0) is 9.59 Å². The molecule has 0 aromatic rings. The number of rotatable bonds is 3. The Morgan fingerprint density at radius 1 is 1.47 bits per heavy atom. The Morgan fingerprint density at radius 2 is 2.18 bits per heavy atom. The first-order chi connectivity index (χ1) is 8.08. The third-order valence-corrected chi connectivity index (χ3v) is 4.46. The van der Waals surface area contributed by atoms with Crippen LogP contribution in [0.2, 0.25) is 0 Å². The molecule has 1 spiro atoms. The van der Waals surface area contributed by atoms with Crippen LogP contribution in [0.4, 0.5) is 0 Å². The predicted molar refractivity (Wildman–Crippen MR) is 63.2 cm³/mol. The van der Waals surface area contributed by atoms with Gasteiger partial charge in [-0.3, -0.25) is 9.59 Å². The summed E-state index contributed by atoms with van der Waals surface area (Å²) in [5, 5.41) is 3.03. The summed E-state index contributed by atoms with van der Waals surface area (Å²) in [6, 6.07) is 0. The Labute approximate surface area is 102 Å².